The molecule has 2 nitrogen and oxygen atoms in total. The van der Waals surface area contributed by atoms with E-state index in [-0.39, 0.29) is 24.0 Å². The molecular weight excluding hydrogens is 152 g/mol. The summed E-state index contributed by atoms with van der Waals surface area (Å²) in [6.45, 7) is 7.37. The van der Waals surface area contributed by atoms with Crippen molar-refractivity contribution in [1.29, 1.82) is 0 Å². The van der Waals surface area contributed by atoms with Gasteiger partial charge in [-0.2, -0.15) is 0 Å². The van der Waals surface area contributed by atoms with Gasteiger partial charge < -0.3 is 9.84 Å². The van der Waals surface area contributed by atoms with Gasteiger partial charge in [-0.25, -0.2) is 0 Å². The highest BCUT2D eigenvalue weighted by atomic mass is 16.5. The molecule has 0 bridgehead atoms. The molecule has 0 amide bonds. The van der Waals surface area contributed by atoms with Crippen LogP contribution in [0.15, 0.2) is 25.3 Å². The molecule has 1 aliphatic carbocycles. The summed E-state index contributed by atoms with van der Waals surface area (Å²) in [5, 5.41) is 9.73. The predicted octanol–water partition coefficient (Wildman–Crippen LogP) is 1.37. The lowest BCUT2D eigenvalue weighted by Crippen LogP contribution is -2.23. The van der Waals surface area contributed by atoms with Crippen LogP contribution in [-0.2, 0) is 4.74 Å². The lowest BCUT2D eigenvalue weighted by atomic mass is 10.0. The van der Waals surface area contributed by atoms with E-state index in [9.17, 15) is 5.11 Å². The highest BCUT2D eigenvalue weighted by Gasteiger charge is 2.39. The monoisotopic (exact) mass is 168 g/mol. The van der Waals surface area contributed by atoms with Crippen LogP contribution in [0.5, 0.6) is 0 Å². The van der Waals surface area contributed by atoms with Gasteiger partial charge in [0.15, 0.2) is 0 Å². The van der Waals surface area contributed by atoms with Gasteiger partial charge in [0, 0.05) is 18.9 Å². The topological polar surface area (TPSA) is 29.5 Å². The first-order chi connectivity index (χ1) is 5.74. The summed E-state index contributed by atoms with van der Waals surface area (Å²) in [6, 6.07) is 0. The Morgan fingerprint density at radius 2 is 2.08 bits per heavy atom. The summed E-state index contributed by atoms with van der Waals surface area (Å²) in [7, 11) is 1.67. The Balaban J connectivity index is 2.70. The lowest BCUT2D eigenvalue weighted by Gasteiger charge is -2.16. The first-order valence-electron chi connectivity index (χ1n) is 4.20. The minimum absolute atomic E-state index is 0.0537. The zero-order chi connectivity index (χ0) is 9.14. The molecule has 1 aliphatic rings. The average Bonchev–Trinajstić information content (AvgIpc) is 2.41. The SMILES string of the molecule is C=CC1CC(OC)C(C=C)C1O. The van der Waals surface area contributed by atoms with Gasteiger partial charge >= 0.3 is 0 Å². The third-order valence-electron chi connectivity index (χ3n) is 2.64. The van der Waals surface area contributed by atoms with E-state index in [1.165, 1.54) is 0 Å². The molecule has 4 atom stereocenters. The number of aliphatic hydroxyl groups is 1. The van der Waals surface area contributed by atoms with Crippen molar-refractivity contribution in [2.24, 2.45) is 11.8 Å². The molecule has 1 fully saturated rings. The largest absolute Gasteiger partial charge is 0.392 e. The molecule has 2 heteroatoms. The molecule has 0 aromatic rings. The van der Waals surface area contributed by atoms with Crippen molar-refractivity contribution in [2.75, 3.05) is 7.11 Å². The second-order valence-electron chi connectivity index (χ2n) is 3.21. The van der Waals surface area contributed by atoms with Crippen LogP contribution in [0.4, 0.5) is 0 Å². The molecule has 4 unspecified atom stereocenters. The predicted molar refractivity (Wildman–Crippen MR) is 48.8 cm³/mol. The van der Waals surface area contributed by atoms with Crippen molar-refractivity contribution >= 4 is 0 Å². The Bertz CT molecular complexity index is 177. The van der Waals surface area contributed by atoms with Crippen LogP contribution in [0.2, 0.25) is 0 Å². The minimum Gasteiger partial charge on any atom is -0.392 e. The van der Waals surface area contributed by atoms with Crippen LogP contribution >= 0.6 is 0 Å². The van der Waals surface area contributed by atoms with Gasteiger partial charge in [-0.15, -0.1) is 13.2 Å². The molecule has 0 aromatic heterocycles. The van der Waals surface area contributed by atoms with Gasteiger partial charge in [0.2, 0.25) is 0 Å². The van der Waals surface area contributed by atoms with Crippen molar-refractivity contribution in [2.45, 2.75) is 18.6 Å². The van der Waals surface area contributed by atoms with Gasteiger partial charge in [-0.1, -0.05) is 12.2 Å². The molecule has 0 radical (unpaired) electrons. The fourth-order valence-corrected chi connectivity index (χ4v) is 1.85. The molecule has 1 N–H and O–H groups in total. The van der Waals surface area contributed by atoms with Crippen LogP contribution in [0, 0.1) is 11.8 Å². The van der Waals surface area contributed by atoms with Gasteiger partial charge in [0.05, 0.1) is 12.2 Å². The van der Waals surface area contributed by atoms with Crippen molar-refractivity contribution in [3.05, 3.63) is 25.3 Å². The van der Waals surface area contributed by atoms with E-state index in [1.54, 1.807) is 19.3 Å². The number of methoxy groups -OCH3 is 1. The molecule has 0 saturated heterocycles. The van der Waals surface area contributed by atoms with E-state index in [1.807, 2.05) is 0 Å². The molecule has 68 valence electrons. The minimum atomic E-state index is -0.370. The Hall–Kier alpha value is -0.600. The molecule has 1 saturated carbocycles. The van der Waals surface area contributed by atoms with Crippen molar-refractivity contribution in [1.82, 2.24) is 0 Å². The molecule has 12 heavy (non-hydrogen) atoms. The van der Waals surface area contributed by atoms with Gasteiger partial charge in [-0.3, -0.25) is 0 Å². The normalized spacial score (nSPS) is 41.2. The Morgan fingerprint density at radius 1 is 1.42 bits per heavy atom. The van der Waals surface area contributed by atoms with Gasteiger partial charge in [-0.05, 0) is 6.42 Å². The second kappa shape index (κ2) is 3.87. The second-order valence-corrected chi connectivity index (χ2v) is 3.21. The van der Waals surface area contributed by atoms with E-state index < -0.39 is 0 Å². The van der Waals surface area contributed by atoms with Crippen molar-refractivity contribution < 1.29 is 9.84 Å². The van der Waals surface area contributed by atoms with Crippen LogP contribution in [0.1, 0.15) is 6.42 Å². The maximum absolute atomic E-state index is 9.73. The highest BCUT2D eigenvalue weighted by Crippen LogP contribution is 2.34. The van der Waals surface area contributed by atoms with Gasteiger partial charge in [0.1, 0.15) is 0 Å². The standard InChI is InChI=1S/C10H16O2/c1-4-7-6-9(12-3)8(5-2)10(7)11/h4-5,7-11H,1-2,6H2,3H3. The van der Waals surface area contributed by atoms with Crippen LogP contribution < -0.4 is 0 Å². The van der Waals surface area contributed by atoms with Crippen molar-refractivity contribution in [3.8, 4) is 0 Å². The van der Waals surface area contributed by atoms with E-state index in [0.29, 0.717) is 0 Å². The van der Waals surface area contributed by atoms with E-state index in [4.69, 9.17) is 4.74 Å². The zero-order valence-corrected chi connectivity index (χ0v) is 7.44. The highest BCUT2D eigenvalue weighted by molar-refractivity contribution is 5.04. The maximum Gasteiger partial charge on any atom is 0.0690 e. The number of hydrogen-bond donors (Lipinski definition) is 1. The van der Waals surface area contributed by atoms with Crippen LogP contribution in [0.3, 0.4) is 0 Å². The quantitative estimate of drug-likeness (QED) is 0.645. The summed E-state index contributed by atoms with van der Waals surface area (Å²) in [5.41, 5.74) is 0. The Kier molecular flexibility index (Phi) is 3.06. The maximum atomic E-state index is 9.73. The smallest absolute Gasteiger partial charge is 0.0690 e. The molecular formula is C10H16O2. The molecule has 0 spiro atoms. The summed E-state index contributed by atoms with van der Waals surface area (Å²) in [4.78, 5) is 0. The van der Waals surface area contributed by atoms with E-state index >= 15 is 0 Å². The molecule has 0 aliphatic heterocycles. The number of aliphatic hydroxyl groups excluding tert-OH is 1. The van der Waals surface area contributed by atoms with E-state index in [2.05, 4.69) is 13.2 Å². The van der Waals surface area contributed by atoms with Gasteiger partial charge in [0.25, 0.3) is 0 Å². The summed E-state index contributed by atoms with van der Waals surface area (Å²) >= 11 is 0. The lowest BCUT2D eigenvalue weighted by molar-refractivity contribution is 0.0526. The Labute approximate surface area is 73.5 Å². The van der Waals surface area contributed by atoms with Crippen LogP contribution in [0.25, 0.3) is 0 Å². The zero-order valence-electron chi connectivity index (χ0n) is 7.44. The summed E-state index contributed by atoms with van der Waals surface area (Å²) in [5.74, 6) is 0.205. The molecule has 1 rings (SSSR count). The Morgan fingerprint density at radius 3 is 2.42 bits per heavy atom. The number of hydrogen-bond acceptors (Lipinski definition) is 2. The van der Waals surface area contributed by atoms with Crippen molar-refractivity contribution in [3.63, 3.8) is 0 Å². The molecule has 0 heterocycles. The fourth-order valence-electron chi connectivity index (χ4n) is 1.85. The van der Waals surface area contributed by atoms with Crippen LogP contribution in [-0.4, -0.2) is 24.4 Å². The third kappa shape index (κ3) is 1.45. The first-order valence-corrected chi connectivity index (χ1v) is 4.20. The average molecular weight is 168 g/mol. The summed E-state index contributed by atoms with van der Waals surface area (Å²) in [6.07, 6.45) is 4.13. The molecule has 0 aromatic carbocycles. The van der Waals surface area contributed by atoms with E-state index in [0.717, 1.165) is 6.42 Å². The summed E-state index contributed by atoms with van der Waals surface area (Å²) < 4.78 is 5.24. The first kappa shape index (κ1) is 9.49. The number of rotatable bonds is 3. The third-order valence-corrected chi connectivity index (χ3v) is 2.64. The fraction of sp³-hybridized carbons (Fsp3) is 0.600. The number of ether oxygens (including phenoxy) is 1.